The lowest BCUT2D eigenvalue weighted by Gasteiger charge is -2.11. The van der Waals surface area contributed by atoms with Crippen LogP contribution in [0, 0.1) is 6.92 Å². The van der Waals surface area contributed by atoms with Gasteiger partial charge in [0.15, 0.2) is 5.76 Å². The molecule has 2 heterocycles. The number of benzene rings is 2. The minimum Gasteiger partial charge on any atom is -0.459 e. The van der Waals surface area contributed by atoms with E-state index >= 15 is 0 Å². The van der Waals surface area contributed by atoms with E-state index in [0.29, 0.717) is 16.9 Å². The summed E-state index contributed by atoms with van der Waals surface area (Å²) in [6, 6.07) is 15.8. The number of hydrogen-bond donors (Lipinski definition) is 2. The van der Waals surface area contributed by atoms with Crippen LogP contribution in [-0.4, -0.2) is 21.4 Å². The number of aryl methyl sites for hydroxylation is 1. The molecule has 4 rings (SSSR count). The van der Waals surface area contributed by atoms with Crippen LogP contribution < -0.4 is 10.6 Å². The van der Waals surface area contributed by atoms with Crippen molar-refractivity contribution in [2.24, 2.45) is 0 Å². The molecular weight excluding hydrogens is 368 g/mol. The zero-order valence-electron chi connectivity index (χ0n) is 15.6. The van der Waals surface area contributed by atoms with E-state index in [1.807, 2.05) is 42.0 Å². The molecule has 0 atom stereocenters. The molecule has 144 valence electrons. The number of amides is 2. The topological polar surface area (TPSA) is 89.2 Å². The first-order valence-corrected chi connectivity index (χ1v) is 8.95. The Bertz CT molecular complexity index is 1130. The fourth-order valence-corrected chi connectivity index (χ4v) is 2.82. The van der Waals surface area contributed by atoms with Crippen molar-refractivity contribution in [3.05, 3.63) is 96.5 Å². The summed E-state index contributed by atoms with van der Waals surface area (Å²) in [6.07, 6.45) is 6.69. The zero-order valence-corrected chi connectivity index (χ0v) is 15.6. The normalized spacial score (nSPS) is 10.5. The number of anilines is 2. The van der Waals surface area contributed by atoms with Crippen LogP contribution in [-0.2, 0) is 0 Å². The summed E-state index contributed by atoms with van der Waals surface area (Å²) in [7, 11) is 0. The van der Waals surface area contributed by atoms with Crippen LogP contribution in [0.4, 0.5) is 11.4 Å². The van der Waals surface area contributed by atoms with Gasteiger partial charge in [-0.2, -0.15) is 0 Å². The van der Waals surface area contributed by atoms with Crippen molar-refractivity contribution in [3.8, 4) is 5.69 Å². The Morgan fingerprint density at radius 3 is 2.52 bits per heavy atom. The summed E-state index contributed by atoms with van der Waals surface area (Å²) in [4.78, 5) is 28.9. The molecule has 2 aromatic carbocycles. The molecule has 0 aliphatic rings. The molecule has 0 bridgehead atoms. The monoisotopic (exact) mass is 386 g/mol. The first kappa shape index (κ1) is 18.2. The van der Waals surface area contributed by atoms with E-state index in [1.54, 1.807) is 42.9 Å². The highest BCUT2D eigenvalue weighted by Gasteiger charge is 2.13. The van der Waals surface area contributed by atoms with Crippen molar-refractivity contribution in [2.75, 3.05) is 10.6 Å². The molecule has 7 heteroatoms. The molecule has 0 radical (unpaired) electrons. The number of rotatable bonds is 5. The highest BCUT2D eigenvalue weighted by atomic mass is 16.3. The molecule has 0 aliphatic heterocycles. The van der Waals surface area contributed by atoms with Gasteiger partial charge in [0, 0.05) is 35.0 Å². The van der Waals surface area contributed by atoms with Crippen molar-refractivity contribution < 1.29 is 14.0 Å². The fraction of sp³-hybridized carbons (Fsp3) is 0.0455. The molecule has 0 saturated carbocycles. The summed E-state index contributed by atoms with van der Waals surface area (Å²) in [5.41, 5.74) is 3.43. The SMILES string of the molecule is Cc1ccc(C(=O)Nc2ccc(-n3ccnc3)cc2)cc1NC(=O)c1ccco1. The number of aromatic nitrogens is 2. The summed E-state index contributed by atoms with van der Waals surface area (Å²) >= 11 is 0. The van der Waals surface area contributed by atoms with E-state index < -0.39 is 0 Å². The standard InChI is InChI=1S/C22H18N4O3/c1-15-4-5-16(13-19(15)25-22(28)20-3-2-12-29-20)21(27)24-17-6-8-18(9-7-17)26-11-10-23-14-26/h2-14H,1H3,(H,24,27)(H,25,28). The van der Waals surface area contributed by atoms with Crippen LogP contribution in [0.1, 0.15) is 26.5 Å². The third kappa shape index (κ3) is 4.08. The van der Waals surface area contributed by atoms with Crippen molar-refractivity contribution >= 4 is 23.2 Å². The molecule has 2 N–H and O–H groups in total. The number of nitrogens with zero attached hydrogens (tertiary/aromatic N) is 2. The number of furan rings is 1. The van der Waals surface area contributed by atoms with Gasteiger partial charge in [0.05, 0.1) is 12.6 Å². The molecule has 0 unspecified atom stereocenters. The maximum absolute atomic E-state index is 12.6. The highest BCUT2D eigenvalue weighted by molar-refractivity contribution is 6.07. The summed E-state index contributed by atoms with van der Waals surface area (Å²) in [5, 5.41) is 5.64. The van der Waals surface area contributed by atoms with Crippen molar-refractivity contribution in [3.63, 3.8) is 0 Å². The van der Waals surface area contributed by atoms with Gasteiger partial charge in [-0.25, -0.2) is 4.98 Å². The van der Waals surface area contributed by atoms with E-state index in [1.165, 1.54) is 6.26 Å². The van der Waals surface area contributed by atoms with E-state index in [9.17, 15) is 9.59 Å². The van der Waals surface area contributed by atoms with Crippen molar-refractivity contribution in [1.29, 1.82) is 0 Å². The van der Waals surface area contributed by atoms with Gasteiger partial charge in [0.25, 0.3) is 11.8 Å². The van der Waals surface area contributed by atoms with Gasteiger partial charge in [0.2, 0.25) is 0 Å². The Morgan fingerprint density at radius 1 is 1.00 bits per heavy atom. The molecule has 2 aromatic heterocycles. The average molecular weight is 386 g/mol. The Kier molecular flexibility index (Phi) is 4.94. The molecule has 29 heavy (non-hydrogen) atoms. The molecule has 2 amide bonds. The third-order valence-corrected chi connectivity index (χ3v) is 4.42. The fourth-order valence-electron chi connectivity index (χ4n) is 2.82. The molecule has 7 nitrogen and oxygen atoms in total. The number of carbonyl (C=O) groups is 2. The predicted octanol–water partition coefficient (Wildman–Crippen LogP) is 4.28. The van der Waals surface area contributed by atoms with Crippen LogP contribution in [0.25, 0.3) is 5.69 Å². The average Bonchev–Trinajstić information content (AvgIpc) is 3.44. The molecule has 4 aromatic rings. The van der Waals surface area contributed by atoms with E-state index in [4.69, 9.17) is 4.42 Å². The number of hydrogen-bond acceptors (Lipinski definition) is 4. The number of imidazole rings is 1. The van der Waals surface area contributed by atoms with Gasteiger partial charge < -0.3 is 19.6 Å². The van der Waals surface area contributed by atoms with Gasteiger partial charge in [-0.15, -0.1) is 0 Å². The third-order valence-electron chi connectivity index (χ3n) is 4.42. The van der Waals surface area contributed by atoms with E-state index in [2.05, 4.69) is 15.6 Å². The lowest BCUT2D eigenvalue weighted by molar-refractivity contribution is 0.0993. The molecule has 0 spiro atoms. The Morgan fingerprint density at radius 2 is 1.83 bits per heavy atom. The Balaban J connectivity index is 1.48. The largest absolute Gasteiger partial charge is 0.459 e. The zero-order chi connectivity index (χ0) is 20.2. The van der Waals surface area contributed by atoms with Gasteiger partial charge >= 0.3 is 0 Å². The molecule has 0 saturated heterocycles. The summed E-state index contributed by atoms with van der Waals surface area (Å²) in [6.45, 7) is 1.86. The van der Waals surface area contributed by atoms with Crippen LogP contribution in [0.15, 0.2) is 84.0 Å². The van der Waals surface area contributed by atoms with Crippen LogP contribution in [0.5, 0.6) is 0 Å². The van der Waals surface area contributed by atoms with Crippen LogP contribution in [0.2, 0.25) is 0 Å². The summed E-state index contributed by atoms with van der Waals surface area (Å²) < 4.78 is 6.98. The molecular formula is C22H18N4O3. The quantitative estimate of drug-likeness (QED) is 0.536. The van der Waals surface area contributed by atoms with Crippen LogP contribution >= 0.6 is 0 Å². The van der Waals surface area contributed by atoms with Crippen molar-refractivity contribution in [1.82, 2.24) is 9.55 Å². The smallest absolute Gasteiger partial charge is 0.291 e. The number of nitrogens with one attached hydrogen (secondary N) is 2. The van der Waals surface area contributed by atoms with Gasteiger partial charge in [-0.3, -0.25) is 9.59 Å². The second kappa shape index (κ2) is 7.85. The highest BCUT2D eigenvalue weighted by Crippen LogP contribution is 2.20. The maximum atomic E-state index is 12.6. The minimum atomic E-state index is -0.370. The van der Waals surface area contributed by atoms with Gasteiger partial charge in [-0.1, -0.05) is 6.07 Å². The number of carbonyl (C=O) groups excluding carboxylic acids is 2. The minimum absolute atomic E-state index is 0.206. The second-order valence-electron chi connectivity index (χ2n) is 6.43. The lowest BCUT2D eigenvalue weighted by Crippen LogP contribution is -2.15. The maximum Gasteiger partial charge on any atom is 0.291 e. The Hall–Kier alpha value is -4.13. The molecule has 0 fully saturated rings. The Labute approximate surface area is 167 Å². The van der Waals surface area contributed by atoms with Gasteiger partial charge in [-0.05, 0) is 61.0 Å². The molecule has 0 aliphatic carbocycles. The van der Waals surface area contributed by atoms with E-state index in [0.717, 1.165) is 11.3 Å². The van der Waals surface area contributed by atoms with Crippen LogP contribution in [0.3, 0.4) is 0 Å². The first-order chi connectivity index (χ1) is 14.1. The summed E-state index contributed by atoms with van der Waals surface area (Å²) in [5.74, 6) is -0.433. The second-order valence-corrected chi connectivity index (χ2v) is 6.43. The van der Waals surface area contributed by atoms with Gasteiger partial charge in [0.1, 0.15) is 0 Å². The lowest BCUT2D eigenvalue weighted by atomic mass is 10.1. The predicted molar refractivity (Wildman–Crippen MR) is 109 cm³/mol. The van der Waals surface area contributed by atoms with E-state index in [-0.39, 0.29) is 17.6 Å². The first-order valence-electron chi connectivity index (χ1n) is 8.95. The van der Waals surface area contributed by atoms with Crippen molar-refractivity contribution in [2.45, 2.75) is 6.92 Å².